The number of rotatable bonds is 16. The Morgan fingerprint density at radius 2 is 1.52 bits per heavy atom. The van der Waals surface area contributed by atoms with Crippen LogP contribution >= 0.6 is 0 Å². The first-order valence-electron chi connectivity index (χ1n) is 11.7. The minimum atomic E-state index is -0.566. The molecule has 1 aliphatic heterocycles. The predicted molar refractivity (Wildman–Crippen MR) is 120 cm³/mol. The molecule has 8 nitrogen and oxygen atoms in total. The van der Waals surface area contributed by atoms with Crippen LogP contribution in [0, 0.1) is 5.41 Å². The van der Waals surface area contributed by atoms with E-state index in [9.17, 15) is 9.59 Å². The number of hydrogen-bond donors (Lipinski definition) is 1. The van der Waals surface area contributed by atoms with Gasteiger partial charge < -0.3 is 29.2 Å². The normalized spacial score (nSPS) is 17.7. The molecule has 0 aromatic carbocycles. The molecule has 0 radical (unpaired) electrons. The van der Waals surface area contributed by atoms with Crippen molar-refractivity contribution in [2.24, 2.45) is 5.41 Å². The molecule has 1 N–H and O–H groups in total. The number of nitrogens with one attached hydrogen (secondary N) is 1. The van der Waals surface area contributed by atoms with Gasteiger partial charge in [0.2, 0.25) is 11.8 Å². The fourth-order valence-corrected chi connectivity index (χ4v) is 3.35. The minimum Gasteiger partial charge on any atom is -0.379 e. The molecule has 0 saturated carbocycles. The zero-order valence-corrected chi connectivity index (χ0v) is 20.2. The quantitative estimate of drug-likeness (QED) is 0.368. The highest BCUT2D eigenvalue weighted by molar-refractivity contribution is 5.89. The Labute approximate surface area is 188 Å². The summed E-state index contributed by atoms with van der Waals surface area (Å²) in [7, 11) is 0. The van der Waals surface area contributed by atoms with Crippen molar-refractivity contribution in [3.63, 3.8) is 0 Å². The molecule has 1 fully saturated rings. The SMILES string of the molecule is CCCCOCCOCCOCCOCC(=O)NC(C(=O)N1CCCC1C)C(C)(C)C. The molecule has 182 valence electrons. The third-order valence-corrected chi connectivity index (χ3v) is 5.25. The molecule has 2 atom stereocenters. The van der Waals surface area contributed by atoms with E-state index in [4.69, 9.17) is 18.9 Å². The molecule has 1 saturated heterocycles. The van der Waals surface area contributed by atoms with Crippen LogP contribution in [0.4, 0.5) is 0 Å². The van der Waals surface area contributed by atoms with E-state index in [0.29, 0.717) is 39.6 Å². The number of unbranched alkanes of at least 4 members (excludes halogenated alkanes) is 1. The Bertz CT molecular complexity index is 509. The van der Waals surface area contributed by atoms with Crippen LogP contribution in [-0.4, -0.2) is 88.2 Å². The van der Waals surface area contributed by atoms with E-state index in [1.165, 1.54) is 0 Å². The van der Waals surface area contributed by atoms with Crippen molar-refractivity contribution >= 4 is 11.8 Å². The summed E-state index contributed by atoms with van der Waals surface area (Å²) in [6.07, 6.45) is 4.23. The Kier molecular flexibility index (Phi) is 14.0. The van der Waals surface area contributed by atoms with E-state index in [2.05, 4.69) is 19.2 Å². The number of ether oxygens (including phenoxy) is 4. The van der Waals surface area contributed by atoms with E-state index < -0.39 is 6.04 Å². The highest BCUT2D eigenvalue weighted by atomic mass is 16.6. The van der Waals surface area contributed by atoms with Gasteiger partial charge >= 0.3 is 0 Å². The lowest BCUT2D eigenvalue weighted by Crippen LogP contribution is -2.56. The molecule has 2 amide bonds. The largest absolute Gasteiger partial charge is 0.379 e. The molecule has 0 aliphatic carbocycles. The van der Waals surface area contributed by atoms with E-state index in [-0.39, 0.29) is 29.9 Å². The standard InChI is InChI=1S/C23H44N2O6/c1-6-7-11-28-12-13-29-14-15-30-16-17-31-18-20(26)24-21(23(3,4)5)22(27)25-10-8-9-19(25)2/h19,21H,6-18H2,1-5H3,(H,24,26). The van der Waals surface area contributed by atoms with Crippen LogP contribution in [0.2, 0.25) is 0 Å². The number of hydrogen-bond acceptors (Lipinski definition) is 6. The highest BCUT2D eigenvalue weighted by Crippen LogP contribution is 2.25. The van der Waals surface area contributed by atoms with Gasteiger partial charge in [0.15, 0.2) is 0 Å². The van der Waals surface area contributed by atoms with Gasteiger partial charge in [-0.15, -0.1) is 0 Å². The Morgan fingerprint density at radius 3 is 2.00 bits per heavy atom. The average Bonchev–Trinajstić information content (AvgIpc) is 3.14. The molecule has 1 heterocycles. The first-order valence-corrected chi connectivity index (χ1v) is 11.7. The second kappa shape index (κ2) is 15.6. The minimum absolute atomic E-state index is 0.00931. The second-order valence-corrected chi connectivity index (χ2v) is 9.13. The molecule has 31 heavy (non-hydrogen) atoms. The summed E-state index contributed by atoms with van der Waals surface area (Å²) in [4.78, 5) is 27.2. The number of amides is 2. The van der Waals surface area contributed by atoms with E-state index in [0.717, 1.165) is 38.8 Å². The van der Waals surface area contributed by atoms with Gasteiger partial charge in [0.1, 0.15) is 12.6 Å². The first-order chi connectivity index (χ1) is 14.8. The summed E-state index contributed by atoms with van der Waals surface area (Å²) in [5.74, 6) is -0.295. The molecule has 0 bridgehead atoms. The summed E-state index contributed by atoms with van der Waals surface area (Å²) in [5.41, 5.74) is -0.376. The number of likely N-dealkylation sites (tertiary alicyclic amines) is 1. The van der Waals surface area contributed by atoms with Gasteiger partial charge in [-0.2, -0.15) is 0 Å². The Hall–Kier alpha value is -1.22. The molecule has 8 heteroatoms. The van der Waals surface area contributed by atoms with Gasteiger partial charge in [-0.25, -0.2) is 0 Å². The van der Waals surface area contributed by atoms with Crippen LogP contribution in [0.25, 0.3) is 0 Å². The van der Waals surface area contributed by atoms with E-state index in [1.54, 1.807) is 0 Å². The fourth-order valence-electron chi connectivity index (χ4n) is 3.35. The van der Waals surface area contributed by atoms with Crippen LogP contribution in [-0.2, 0) is 28.5 Å². The molecular formula is C23H44N2O6. The smallest absolute Gasteiger partial charge is 0.246 e. The monoisotopic (exact) mass is 444 g/mol. The summed E-state index contributed by atoms with van der Waals surface area (Å²) in [5, 5.41) is 2.87. The zero-order valence-electron chi connectivity index (χ0n) is 20.2. The van der Waals surface area contributed by atoms with Crippen molar-refractivity contribution in [1.82, 2.24) is 10.2 Å². The predicted octanol–water partition coefficient (Wildman–Crippen LogP) is 2.39. The second-order valence-electron chi connectivity index (χ2n) is 9.13. The molecule has 2 unspecified atom stereocenters. The van der Waals surface area contributed by atoms with Crippen LogP contribution in [0.3, 0.4) is 0 Å². The molecule has 0 aromatic rings. The molecule has 0 spiro atoms. The van der Waals surface area contributed by atoms with Gasteiger partial charge in [0.25, 0.3) is 0 Å². The zero-order chi connectivity index (χ0) is 23.1. The van der Waals surface area contributed by atoms with Gasteiger partial charge in [-0.05, 0) is 31.6 Å². The number of nitrogens with zero attached hydrogens (tertiary/aromatic N) is 1. The summed E-state index contributed by atoms with van der Waals surface area (Å²) in [6, 6.07) is -0.344. The van der Waals surface area contributed by atoms with Crippen LogP contribution in [0.15, 0.2) is 0 Å². The van der Waals surface area contributed by atoms with Gasteiger partial charge in [-0.3, -0.25) is 9.59 Å². The summed E-state index contributed by atoms with van der Waals surface area (Å²) in [6.45, 7) is 14.4. The molecule has 1 rings (SSSR count). The maximum Gasteiger partial charge on any atom is 0.246 e. The summed E-state index contributed by atoms with van der Waals surface area (Å²) < 4.78 is 21.6. The van der Waals surface area contributed by atoms with Crippen molar-refractivity contribution in [2.45, 2.75) is 72.4 Å². The van der Waals surface area contributed by atoms with Crippen LogP contribution in [0.5, 0.6) is 0 Å². The maximum absolute atomic E-state index is 13.0. The van der Waals surface area contributed by atoms with Crippen molar-refractivity contribution in [3.8, 4) is 0 Å². The topological polar surface area (TPSA) is 86.3 Å². The molecule has 1 aliphatic rings. The Balaban J connectivity index is 2.13. The average molecular weight is 445 g/mol. The van der Waals surface area contributed by atoms with Crippen LogP contribution < -0.4 is 5.32 Å². The van der Waals surface area contributed by atoms with E-state index in [1.807, 2.05) is 25.7 Å². The maximum atomic E-state index is 13.0. The van der Waals surface area contributed by atoms with Gasteiger partial charge in [0.05, 0.1) is 39.6 Å². The van der Waals surface area contributed by atoms with Crippen molar-refractivity contribution in [1.29, 1.82) is 0 Å². The fraction of sp³-hybridized carbons (Fsp3) is 0.913. The number of carbonyl (C=O) groups is 2. The van der Waals surface area contributed by atoms with Gasteiger partial charge in [0, 0.05) is 19.2 Å². The summed E-state index contributed by atoms with van der Waals surface area (Å²) >= 11 is 0. The van der Waals surface area contributed by atoms with Gasteiger partial charge in [-0.1, -0.05) is 34.1 Å². The third kappa shape index (κ3) is 11.8. The van der Waals surface area contributed by atoms with E-state index >= 15 is 0 Å². The van der Waals surface area contributed by atoms with Crippen molar-refractivity contribution in [3.05, 3.63) is 0 Å². The highest BCUT2D eigenvalue weighted by Gasteiger charge is 2.38. The van der Waals surface area contributed by atoms with Crippen LogP contribution in [0.1, 0.15) is 60.3 Å². The lowest BCUT2D eigenvalue weighted by Gasteiger charge is -2.35. The lowest BCUT2D eigenvalue weighted by molar-refractivity contribution is -0.141. The molecular weight excluding hydrogens is 400 g/mol. The molecule has 0 aromatic heterocycles. The van der Waals surface area contributed by atoms with Crippen molar-refractivity contribution in [2.75, 3.05) is 59.4 Å². The lowest BCUT2D eigenvalue weighted by atomic mass is 9.85. The first kappa shape index (κ1) is 27.8. The Morgan fingerprint density at radius 1 is 0.968 bits per heavy atom. The van der Waals surface area contributed by atoms with Crippen molar-refractivity contribution < 1.29 is 28.5 Å². The third-order valence-electron chi connectivity index (χ3n) is 5.25. The number of carbonyl (C=O) groups excluding carboxylic acids is 2.